The highest BCUT2D eigenvalue weighted by Crippen LogP contribution is 2.16. The molecule has 92 valence electrons. The van der Waals surface area contributed by atoms with Gasteiger partial charge in [0.15, 0.2) is 5.78 Å². The van der Waals surface area contributed by atoms with Gasteiger partial charge in [0.2, 0.25) is 0 Å². The fourth-order valence-electron chi connectivity index (χ4n) is 1.52. The molecular weight excluding hydrogens is 232 g/mol. The minimum Gasteiger partial charge on any atom is -0.508 e. The second-order valence-corrected chi connectivity index (χ2v) is 3.85. The van der Waals surface area contributed by atoms with Crippen LogP contribution >= 0.6 is 0 Å². The number of amides is 1. The average Bonchev–Trinajstić information content (AvgIpc) is 2.78. The lowest BCUT2D eigenvalue weighted by Crippen LogP contribution is -2.12. The summed E-state index contributed by atoms with van der Waals surface area (Å²) >= 11 is 0. The van der Waals surface area contributed by atoms with Crippen molar-refractivity contribution in [1.82, 2.24) is 4.98 Å². The van der Waals surface area contributed by atoms with E-state index >= 15 is 0 Å². The molecule has 0 aliphatic rings. The minimum absolute atomic E-state index is 0.0729. The smallest absolute Gasteiger partial charge is 0.272 e. The maximum atomic E-state index is 11.8. The summed E-state index contributed by atoms with van der Waals surface area (Å²) in [7, 11) is 0. The molecule has 2 rings (SSSR count). The van der Waals surface area contributed by atoms with Gasteiger partial charge >= 0.3 is 0 Å². The van der Waals surface area contributed by atoms with Gasteiger partial charge in [0.05, 0.1) is 5.69 Å². The molecule has 5 heteroatoms. The lowest BCUT2D eigenvalue weighted by atomic mass is 10.3. The number of nitrogens with one attached hydrogen (secondary N) is 2. The number of Topliss-reactive ketones (excluding diaryl/α,β-unsaturated/α-hetero) is 1. The van der Waals surface area contributed by atoms with Gasteiger partial charge in [-0.2, -0.15) is 0 Å². The molecule has 18 heavy (non-hydrogen) atoms. The number of H-pyrrole nitrogens is 1. The van der Waals surface area contributed by atoms with Crippen molar-refractivity contribution >= 4 is 17.4 Å². The second kappa shape index (κ2) is 4.75. The summed E-state index contributed by atoms with van der Waals surface area (Å²) in [4.78, 5) is 25.6. The molecule has 1 amide bonds. The van der Waals surface area contributed by atoms with Gasteiger partial charge < -0.3 is 15.4 Å². The summed E-state index contributed by atoms with van der Waals surface area (Å²) in [5.41, 5.74) is 1.17. The molecule has 0 atom stereocenters. The Kier molecular flexibility index (Phi) is 3.14. The van der Waals surface area contributed by atoms with E-state index in [9.17, 15) is 14.7 Å². The minimum atomic E-state index is -0.367. The van der Waals surface area contributed by atoms with Crippen molar-refractivity contribution in [3.05, 3.63) is 47.8 Å². The number of anilines is 1. The van der Waals surface area contributed by atoms with Crippen LogP contribution in [0.1, 0.15) is 27.9 Å². The number of hydrogen-bond acceptors (Lipinski definition) is 3. The van der Waals surface area contributed by atoms with Crippen LogP contribution in [0, 0.1) is 0 Å². The van der Waals surface area contributed by atoms with Crippen molar-refractivity contribution in [2.24, 2.45) is 0 Å². The Hall–Kier alpha value is -2.56. The molecule has 1 aromatic carbocycles. The fraction of sp³-hybridized carbons (Fsp3) is 0.0769. The van der Waals surface area contributed by atoms with Gasteiger partial charge in [-0.1, -0.05) is 6.07 Å². The molecule has 0 unspecified atom stereocenters. The third-order valence-corrected chi connectivity index (χ3v) is 2.41. The van der Waals surface area contributed by atoms with Crippen LogP contribution < -0.4 is 5.32 Å². The second-order valence-electron chi connectivity index (χ2n) is 3.85. The molecule has 0 bridgehead atoms. The van der Waals surface area contributed by atoms with Crippen molar-refractivity contribution in [2.75, 3.05) is 5.32 Å². The average molecular weight is 244 g/mol. The van der Waals surface area contributed by atoms with E-state index in [0.717, 1.165) is 0 Å². The van der Waals surface area contributed by atoms with Crippen LogP contribution in [0.4, 0.5) is 5.69 Å². The predicted molar refractivity (Wildman–Crippen MR) is 66.9 cm³/mol. The Morgan fingerprint density at radius 1 is 1.17 bits per heavy atom. The van der Waals surface area contributed by atoms with E-state index in [4.69, 9.17) is 0 Å². The lowest BCUT2D eigenvalue weighted by molar-refractivity contribution is 0.101. The summed E-state index contributed by atoms with van der Waals surface area (Å²) < 4.78 is 0. The van der Waals surface area contributed by atoms with E-state index in [1.165, 1.54) is 25.1 Å². The number of hydrogen-bond donors (Lipinski definition) is 3. The van der Waals surface area contributed by atoms with E-state index < -0.39 is 0 Å². The summed E-state index contributed by atoms with van der Waals surface area (Å²) in [5, 5.41) is 11.9. The molecule has 2 aromatic rings. The Morgan fingerprint density at radius 3 is 2.50 bits per heavy atom. The number of carbonyl (C=O) groups is 2. The number of aromatic nitrogens is 1. The number of rotatable bonds is 3. The highest BCUT2D eigenvalue weighted by atomic mass is 16.3. The Morgan fingerprint density at radius 2 is 1.89 bits per heavy atom. The van der Waals surface area contributed by atoms with E-state index in [1.807, 2.05) is 0 Å². The highest BCUT2D eigenvalue weighted by Gasteiger charge is 2.10. The van der Waals surface area contributed by atoms with Crippen LogP contribution in [0.15, 0.2) is 36.4 Å². The first-order valence-electron chi connectivity index (χ1n) is 5.36. The lowest BCUT2D eigenvalue weighted by Gasteiger charge is -2.03. The van der Waals surface area contributed by atoms with Crippen molar-refractivity contribution < 1.29 is 14.7 Å². The normalized spacial score (nSPS) is 10.1. The highest BCUT2D eigenvalue weighted by molar-refractivity contribution is 6.04. The van der Waals surface area contributed by atoms with Gasteiger partial charge in [-0.05, 0) is 24.3 Å². The number of phenolic OH excluding ortho intramolecular Hbond substituents is 1. The number of carbonyl (C=O) groups excluding carboxylic acids is 2. The van der Waals surface area contributed by atoms with Crippen LogP contribution in [0.3, 0.4) is 0 Å². The van der Waals surface area contributed by atoms with Gasteiger partial charge in [-0.3, -0.25) is 9.59 Å². The number of aromatic hydroxyl groups is 1. The number of aromatic amines is 1. The van der Waals surface area contributed by atoms with E-state index in [-0.39, 0.29) is 17.4 Å². The molecule has 5 nitrogen and oxygen atoms in total. The Balaban J connectivity index is 2.14. The maximum Gasteiger partial charge on any atom is 0.272 e. The quantitative estimate of drug-likeness (QED) is 0.724. The van der Waals surface area contributed by atoms with Gasteiger partial charge in [-0.25, -0.2) is 0 Å². The molecule has 3 N–H and O–H groups in total. The Bertz CT molecular complexity index is 602. The van der Waals surface area contributed by atoms with Crippen molar-refractivity contribution in [3.8, 4) is 5.75 Å². The van der Waals surface area contributed by atoms with Crippen molar-refractivity contribution in [1.29, 1.82) is 0 Å². The van der Waals surface area contributed by atoms with Crippen LogP contribution in [-0.4, -0.2) is 21.8 Å². The van der Waals surface area contributed by atoms with Gasteiger partial charge in [0, 0.05) is 18.7 Å². The maximum absolute atomic E-state index is 11.8. The molecule has 0 aliphatic heterocycles. The summed E-state index contributed by atoms with van der Waals surface area (Å²) in [6.45, 7) is 1.42. The monoisotopic (exact) mass is 244 g/mol. The van der Waals surface area contributed by atoms with Gasteiger partial charge in [0.25, 0.3) is 5.91 Å². The SMILES string of the molecule is CC(=O)c1ccc(C(=O)Nc2cccc(O)c2)[nH]1. The molecule has 0 radical (unpaired) electrons. The molecular formula is C13H12N2O3. The van der Waals surface area contributed by atoms with E-state index in [1.54, 1.807) is 18.2 Å². The number of phenols is 1. The molecule has 0 saturated heterocycles. The fourth-order valence-corrected chi connectivity index (χ4v) is 1.52. The van der Waals surface area contributed by atoms with E-state index in [0.29, 0.717) is 17.1 Å². The molecule has 0 spiro atoms. The molecule has 0 aliphatic carbocycles. The summed E-state index contributed by atoms with van der Waals surface area (Å²) in [6, 6.07) is 9.33. The van der Waals surface area contributed by atoms with Crippen LogP contribution in [0.2, 0.25) is 0 Å². The largest absolute Gasteiger partial charge is 0.508 e. The first-order chi connectivity index (χ1) is 8.56. The Labute approximate surface area is 103 Å². The molecule has 1 aromatic heterocycles. The zero-order chi connectivity index (χ0) is 13.1. The van der Waals surface area contributed by atoms with Gasteiger partial charge in [-0.15, -0.1) is 0 Å². The van der Waals surface area contributed by atoms with Crippen LogP contribution in [0.25, 0.3) is 0 Å². The van der Waals surface area contributed by atoms with Gasteiger partial charge in [0.1, 0.15) is 11.4 Å². The standard InChI is InChI=1S/C13H12N2O3/c1-8(16)11-5-6-12(15-11)13(18)14-9-3-2-4-10(17)7-9/h2-7,15,17H,1H3,(H,14,18). The molecule has 0 saturated carbocycles. The topological polar surface area (TPSA) is 82.2 Å². The zero-order valence-corrected chi connectivity index (χ0v) is 9.73. The van der Waals surface area contributed by atoms with E-state index in [2.05, 4.69) is 10.3 Å². The molecule has 0 fully saturated rings. The predicted octanol–water partition coefficient (Wildman–Crippen LogP) is 2.18. The number of ketones is 1. The third kappa shape index (κ3) is 2.57. The summed E-state index contributed by atoms with van der Waals surface area (Å²) in [6.07, 6.45) is 0. The first kappa shape index (κ1) is 11.9. The first-order valence-corrected chi connectivity index (χ1v) is 5.36. The number of benzene rings is 1. The van der Waals surface area contributed by atoms with Crippen molar-refractivity contribution in [3.63, 3.8) is 0 Å². The zero-order valence-electron chi connectivity index (χ0n) is 9.73. The summed E-state index contributed by atoms with van der Waals surface area (Å²) in [5.74, 6) is -0.428. The van der Waals surface area contributed by atoms with Crippen molar-refractivity contribution in [2.45, 2.75) is 6.92 Å². The molecule has 1 heterocycles. The van der Waals surface area contributed by atoms with Crippen LogP contribution in [0.5, 0.6) is 5.75 Å². The third-order valence-electron chi connectivity index (χ3n) is 2.41. The van der Waals surface area contributed by atoms with Crippen LogP contribution in [-0.2, 0) is 0 Å².